The summed E-state index contributed by atoms with van der Waals surface area (Å²) in [6, 6.07) is -0.868. The molecule has 0 aromatic rings. The first-order valence-electron chi connectivity index (χ1n) is 6.93. The zero-order valence-electron chi connectivity index (χ0n) is 12.9. The van der Waals surface area contributed by atoms with Crippen molar-refractivity contribution in [1.82, 2.24) is 5.32 Å². The fourth-order valence-corrected chi connectivity index (χ4v) is 1.53. The predicted molar refractivity (Wildman–Crippen MR) is 78.5 cm³/mol. The van der Waals surface area contributed by atoms with Gasteiger partial charge in [0.2, 0.25) is 5.91 Å². The lowest BCUT2D eigenvalue weighted by Crippen LogP contribution is -2.45. The molecule has 0 saturated heterocycles. The Morgan fingerprint density at radius 3 is 2.45 bits per heavy atom. The summed E-state index contributed by atoms with van der Waals surface area (Å²) in [6.07, 6.45) is 2.82. The van der Waals surface area contributed by atoms with E-state index in [9.17, 15) is 9.59 Å². The summed E-state index contributed by atoms with van der Waals surface area (Å²) in [5.74, 6) is -1.41. The van der Waals surface area contributed by atoms with Gasteiger partial charge in [0.15, 0.2) is 0 Å². The maximum Gasteiger partial charge on any atom is 0.326 e. The third-order valence-corrected chi connectivity index (χ3v) is 2.86. The van der Waals surface area contributed by atoms with E-state index in [4.69, 9.17) is 9.84 Å². The number of amides is 1. The molecule has 0 heterocycles. The van der Waals surface area contributed by atoms with Crippen molar-refractivity contribution in [1.29, 1.82) is 0 Å². The van der Waals surface area contributed by atoms with E-state index in [0.29, 0.717) is 19.4 Å². The second-order valence-corrected chi connectivity index (χ2v) is 6.09. The van der Waals surface area contributed by atoms with Gasteiger partial charge in [0.1, 0.15) is 12.1 Å². The molecule has 0 bridgehead atoms. The molecule has 0 fully saturated rings. The highest BCUT2D eigenvalue weighted by atomic mass is 16.5. The van der Waals surface area contributed by atoms with Crippen LogP contribution in [0.5, 0.6) is 0 Å². The van der Waals surface area contributed by atoms with Crippen molar-refractivity contribution in [3.05, 3.63) is 12.7 Å². The number of rotatable bonds is 9. The van der Waals surface area contributed by atoms with Crippen LogP contribution < -0.4 is 5.32 Å². The van der Waals surface area contributed by atoms with Gasteiger partial charge in [-0.25, -0.2) is 4.79 Å². The van der Waals surface area contributed by atoms with Crippen LogP contribution in [0.3, 0.4) is 0 Å². The predicted octanol–water partition coefficient (Wildman–Crippen LogP) is 2.36. The average molecular weight is 285 g/mol. The highest BCUT2D eigenvalue weighted by Crippen LogP contribution is 2.21. The molecule has 116 valence electrons. The van der Waals surface area contributed by atoms with E-state index < -0.39 is 24.0 Å². The number of carbonyl (C=O) groups excluding carboxylic acids is 1. The van der Waals surface area contributed by atoms with Crippen LogP contribution in [0.4, 0.5) is 0 Å². The summed E-state index contributed by atoms with van der Waals surface area (Å²) in [7, 11) is 0. The molecule has 2 unspecified atom stereocenters. The molecule has 5 heteroatoms. The van der Waals surface area contributed by atoms with Gasteiger partial charge in [-0.2, -0.15) is 0 Å². The molecule has 0 aliphatic carbocycles. The Morgan fingerprint density at radius 2 is 2.00 bits per heavy atom. The molecule has 0 saturated carbocycles. The second-order valence-electron chi connectivity index (χ2n) is 6.09. The van der Waals surface area contributed by atoms with Gasteiger partial charge in [-0.3, -0.25) is 4.79 Å². The van der Waals surface area contributed by atoms with Crippen LogP contribution in [0.2, 0.25) is 0 Å². The SMILES string of the molecule is C=CCCOC(C)C(=O)NC(CCC(C)(C)C)C(=O)O. The molecule has 0 radical (unpaired) electrons. The van der Waals surface area contributed by atoms with Gasteiger partial charge in [-0.1, -0.05) is 26.8 Å². The Balaban J connectivity index is 4.33. The maximum absolute atomic E-state index is 11.9. The monoisotopic (exact) mass is 285 g/mol. The molecule has 0 spiro atoms. The molecular weight excluding hydrogens is 258 g/mol. The fraction of sp³-hybridized carbons (Fsp3) is 0.733. The van der Waals surface area contributed by atoms with Gasteiger partial charge < -0.3 is 15.2 Å². The highest BCUT2D eigenvalue weighted by molar-refractivity contribution is 5.86. The van der Waals surface area contributed by atoms with Crippen LogP contribution in [-0.4, -0.2) is 35.7 Å². The van der Waals surface area contributed by atoms with E-state index in [1.165, 1.54) is 0 Å². The van der Waals surface area contributed by atoms with E-state index in [1.807, 2.05) is 20.8 Å². The molecule has 0 aliphatic heterocycles. The number of carbonyl (C=O) groups is 2. The zero-order valence-corrected chi connectivity index (χ0v) is 12.9. The van der Waals surface area contributed by atoms with Crippen LogP contribution in [0.15, 0.2) is 12.7 Å². The van der Waals surface area contributed by atoms with E-state index in [1.54, 1.807) is 13.0 Å². The number of carboxylic acids is 1. The van der Waals surface area contributed by atoms with E-state index in [-0.39, 0.29) is 5.41 Å². The highest BCUT2D eigenvalue weighted by Gasteiger charge is 2.24. The zero-order chi connectivity index (χ0) is 15.8. The summed E-state index contributed by atoms with van der Waals surface area (Å²) >= 11 is 0. The quantitative estimate of drug-likeness (QED) is 0.504. The van der Waals surface area contributed by atoms with Crippen LogP contribution >= 0.6 is 0 Å². The molecule has 0 rings (SSSR count). The Hall–Kier alpha value is -1.36. The van der Waals surface area contributed by atoms with Crippen LogP contribution in [0, 0.1) is 5.41 Å². The maximum atomic E-state index is 11.9. The van der Waals surface area contributed by atoms with Gasteiger partial charge >= 0.3 is 5.97 Å². The van der Waals surface area contributed by atoms with Crippen molar-refractivity contribution < 1.29 is 19.4 Å². The minimum Gasteiger partial charge on any atom is -0.480 e. The molecule has 0 aromatic carbocycles. The third kappa shape index (κ3) is 8.69. The van der Waals surface area contributed by atoms with E-state index >= 15 is 0 Å². The normalized spacial score (nSPS) is 14.4. The Bertz CT molecular complexity index is 333. The summed E-state index contributed by atoms with van der Waals surface area (Å²) in [4.78, 5) is 23.0. The van der Waals surface area contributed by atoms with Crippen molar-refractivity contribution in [3.63, 3.8) is 0 Å². The molecule has 0 aliphatic rings. The van der Waals surface area contributed by atoms with Crippen LogP contribution in [0.1, 0.15) is 47.0 Å². The first kappa shape index (κ1) is 18.6. The van der Waals surface area contributed by atoms with Crippen LogP contribution in [-0.2, 0) is 14.3 Å². The second kappa shape index (κ2) is 8.74. The minimum absolute atomic E-state index is 0.0322. The van der Waals surface area contributed by atoms with Crippen molar-refractivity contribution in [3.8, 4) is 0 Å². The number of nitrogens with one attached hydrogen (secondary N) is 1. The van der Waals surface area contributed by atoms with Crippen LogP contribution in [0.25, 0.3) is 0 Å². The molecule has 0 aromatic heterocycles. The number of aliphatic carboxylic acids is 1. The first-order chi connectivity index (χ1) is 9.17. The van der Waals surface area contributed by atoms with E-state index in [2.05, 4.69) is 11.9 Å². The lowest BCUT2D eigenvalue weighted by atomic mass is 9.88. The Kier molecular flexibility index (Phi) is 8.15. The lowest BCUT2D eigenvalue weighted by Gasteiger charge is -2.22. The summed E-state index contributed by atoms with van der Waals surface area (Å²) < 4.78 is 5.29. The Morgan fingerprint density at radius 1 is 1.40 bits per heavy atom. The van der Waals surface area contributed by atoms with Gasteiger partial charge in [-0.05, 0) is 31.6 Å². The van der Waals surface area contributed by atoms with Crippen molar-refractivity contribution in [2.24, 2.45) is 5.41 Å². The van der Waals surface area contributed by atoms with Gasteiger partial charge in [0, 0.05) is 0 Å². The number of hydrogen-bond acceptors (Lipinski definition) is 3. The topological polar surface area (TPSA) is 75.6 Å². The lowest BCUT2D eigenvalue weighted by molar-refractivity contribution is -0.144. The minimum atomic E-state index is -1.01. The van der Waals surface area contributed by atoms with E-state index in [0.717, 1.165) is 6.42 Å². The molecule has 5 nitrogen and oxygen atoms in total. The summed E-state index contributed by atoms with van der Waals surface area (Å²) in [6.45, 7) is 11.7. The number of ether oxygens (including phenoxy) is 1. The smallest absolute Gasteiger partial charge is 0.326 e. The largest absolute Gasteiger partial charge is 0.480 e. The average Bonchev–Trinajstić information content (AvgIpc) is 2.32. The fourth-order valence-electron chi connectivity index (χ4n) is 1.53. The molecule has 1 amide bonds. The summed E-state index contributed by atoms with van der Waals surface area (Å²) in [5.41, 5.74) is 0.0322. The third-order valence-electron chi connectivity index (χ3n) is 2.86. The molecule has 20 heavy (non-hydrogen) atoms. The van der Waals surface area contributed by atoms with Crippen molar-refractivity contribution in [2.75, 3.05) is 6.61 Å². The standard InChI is InChI=1S/C15H27NO4/c1-6-7-10-20-11(2)13(17)16-12(14(18)19)8-9-15(3,4)5/h6,11-12H,1,7-10H2,2-5H3,(H,16,17)(H,18,19). The molecular formula is C15H27NO4. The van der Waals surface area contributed by atoms with Gasteiger partial charge in [0.05, 0.1) is 6.61 Å². The molecule has 2 atom stereocenters. The van der Waals surface area contributed by atoms with Crippen molar-refractivity contribution in [2.45, 2.75) is 59.1 Å². The summed E-state index contributed by atoms with van der Waals surface area (Å²) in [5, 5.41) is 11.7. The first-order valence-corrected chi connectivity index (χ1v) is 6.93. The number of carboxylic acid groups (broad SMARTS) is 1. The van der Waals surface area contributed by atoms with Gasteiger partial charge in [0.25, 0.3) is 0 Å². The number of hydrogen-bond donors (Lipinski definition) is 2. The molecule has 2 N–H and O–H groups in total. The Labute approximate surface area is 121 Å². The van der Waals surface area contributed by atoms with Crippen molar-refractivity contribution >= 4 is 11.9 Å². The van der Waals surface area contributed by atoms with Gasteiger partial charge in [-0.15, -0.1) is 6.58 Å².